The molecule has 0 aliphatic rings. The summed E-state index contributed by atoms with van der Waals surface area (Å²) in [5, 5.41) is 15.6. The van der Waals surface area contributed by atoms with Crippen LogP contribution in [0.15, 0.2) is 18.2 Å². The molecule has 124 valence electrons. The lowest BCUT2D eigenvalue weighted by Gasteiger charge is -2.23. The van der Waals surface area contributed by atoms with Crippen LogP contribution in [0, 0.1) is 5.82 Å². The number of aromatic hydroxyl groups is 1. The van der Waals surface area contributed by atoms with Gasteiger partial charge in [0.05, 0.1) is 0 Å². The molecule has 1 rings (SSSR count). The van der Waals surface area contributed by atoms with Crippen LogP contribution in [-0.4, -0.2) is 29.4 Å². The van der Waals surface area contributed by atoms with Gasteiger partial charge in [0.2, 0.25) is 0 Å². The third kappa shape index (κ3) is 6.30. The molecule has 0 saturated carbocycles. The number of alkyl carbamates (subject to hydrolysis) is 1. The van der Waals surface area contributed by atoms with Crippen molar-refractivity contribution in [1.29, 1.82) is 0 Å². The maximum absolute atomic E-state index is 13.2. The van der Waals surface area contributed by atoms with Crippen molar-refractivity contribution in [2.24, 2.45) is 0 Å². The van der Waals surface area contributed by atoms with E-state index in [1.807, 2.05) is 13.8 Å². The first-order chi connectivity index (χ1) is 10.1. The molecule has 1 amide bonds. The zero-order chi connectivity index (χ0) is 16.9. The molecule has 0 saturated heterocycles. The van der Waals surface area contributed by atoms with Gasteiger partial charge in [-0.05, 0) is 52.8 Å². The van der Waals surface area contributed by atoms with E-state index in [9.17, 15) is 14.3 Å². The number of hydrogen-bond donors (Lipinski definition) is 3. The summed E-state index contributed by atoms with van der Waals surface area (Å²) in [6, 6.07) is 3.40. The molecule has 22 heavy (non-hydrogen) atoms. The van der Waals surface area contributed by atoms with Gasteiger partial charge < -0.3 is 20.5 Å². The highest BCUT2D eigenvalue weighted by atomic mass is 19.1. The Hall–Kier alpha value is -1.82. The van der Waals surface area contributed by atoms with Crippen molar-refractivity contribution < 1.29 is 19.0 Å². The molecule has 0 aromatic heterocycles. The maximum Gasteiger partial charge on any atom is 0.407 e. The first-order valence-corrected chi connectivity index (χ1v) is 7.30. The number of rotatable bonds is 5. The summed E-state index contributed by atoms with van der Waals surface area (Å²) in [5.74, 6) is -0.365. The maximum atomic E-state index is 13.2. The average molecular weight is 312 g/mol. The Morgan fingerprint density at radius 3 is 2.59 bits per heavy atom. The van der Waals surface area contributed by atoms with E-state index in [4.69, 9.17) is 4.74 Å². The molecule has 5 nitrogen and oxygen atoms in total. The van der Waals surface area contributed by atoms with Gasteiger partial charge in [0.1, 0.15) is 17.2 Å². The smallest absolute Gasteiger partial charge is 0.407 e. The molecule has 1 aromatic rings. The fraction of sp³-hybridized carbons (Fsp3) is 0.562. The number of amides is 1. The predicted molar refractivity (Wildman–Crippen MR) is 83.3 cm³/mol. The van der Waals surface area contributed by atoms with Crippen LogP contribution in [0.5, 0.6) is 5.75 Å². The molecule has 1 aromatic carbocycles. The Morgan fingerprint density at radius 2 is 2.00 bits per heavy atom. The van der Waals surface area contributed by atoms with Gasteiger partial charge in [-0.3, -0.25) is 0 Å². The van der Waals surface area contributed by atoms with Crippen molar-refractivity contribution in [3.8, 4) is 5.75 Å². The summed E-state index contributed by atoms with van der Waals surface area (Å²) in [7, 11) is 0. The number of benzene rings is 1. The second kappa shape index (κ2) is 7.45. The van der Waals surface area contributed by atoms with Crippen molar-refractivity contribution >= 4 is 6.09 Å². The standard InChI is InChI=1S/C16H25FN2O3/c1-10(19-15(21)22-16(3,4)5)9-18-11(2)13-8-12(17)6-7-14(13)20/h6-8,10-11,18,20H,9H2,1-5H3,(H,19,21). The monoisotopic (exact) mass is 312 g/mol. The predicted octanol–water partition coefficient (Wildman–Crippen LogP) is 3.10. The van der Waals surface area contributed by atoms with Crippen molar-refractivity contribution in [2.75, 3.05) is 6.54 Å². The number of ether oxygens (including phenoxy) is 1. The summed E-state index contributed by atoms with van der Waals surface area (Å²) < 4.78 is 18.4. The SMILES string of the molecule is CC(CNC(C)c1cc(F)ccc1O)NC(=O)OC(C)(C)C. The highest BCUT2D eigenvalue weighted by Gasteiger charge is 2.18. The number of nitrogens with one attached hydrogen (secondary N) is 2. The van der Waals surface area contributed by atoms with Crippen LogP contribution >= 0.6 is 0 Å². The molecular formula is C16H25FN2O3. The average Bonchev–Trinajstić information content (AvgIpc) is 2.36. The largest absolute Gasteiger partial charge is 0.508 e. The van der Waals surface area contributed by atoms with E-state index in [1.54, 1.807) is 20.8 Å². The van der Waals surface area contributed by atoms with E-state index in [1.165, 1.54) is 18.2 Å². The fourth-order valence-corrected chi connectivity index (χ4v) is 1.90. The Kier molecular flexibility index (Phi) is 6.17. The van der Waals surface area contributed by atoms with Gasteiger partial charge in [-0.25, -0.2) is 9.18 Å². The highest BCUT2D eigenvalue weighted by Crippen LogP contribution is 2.24. The second-order valence-corrected chi connectivity index (χ2v) is 6.38. The van der Waals surface area contributed by atoms with Crippen LogP contribution < -0.4 is 10.6 Å². The van der Waals surface area contributed by atoms with Crippen molar-refractivity contribution in [3.05, 3.63) is 29.6 Å². The molecule has 2 atom stereocenters. The van der Waals surface area contributed by atoms with Crippen molar-refractivity contribution in [3.63, 3.8) is 0 Å². The number of hydrogen-bond acceptors (Lipinski definition) is 4. The van der Waals surface area contributed by atoms with Crippen LogP contribution in [0.25, 0.3) is 0 Å². The van der Waals surface area contributed by atoms with Gasteiger partial charge in [0.25, 0.3) is 0 Å². The Balaban J connectivity index is 2.48. The molecule has 0 aliphatic carbocycles. The Bertz CT molecular complexity index is 515. The van der Waals surface area contributed by atoms with E-state index in [0.717, 1.165) is 0 Å². The molecule has 0 aliphatic heterocycles. The van der Waals surface area contributed by atoms with Crippen LogP contribution in [0.2, 0.25) is 0 Å². The molecule has 2 unspecified atom stereocenters. The minimum atomic E-state index is -0.544. The Labute approximate surface area is 130 Å². The number of carbonyl (C=O) groups is 1. The highest BCUT2D eigenvalue weighted by molar-refractivity contribution is 5.68. The van der Waals surface area contributed by atoms with Crippen LogP contribution in [0.1, 0.15) is 46.2 Å². The van der Waals surface area contributed by atoms with Crippen LogP contribution in [-0.2, 0) is 4.74 Å². The van der Waals surface area contributed by atoms with Crippen molar-refractivity contribution in [1.82, 2.24) is 10.6 Å². The Morgan fingerprint density at radius 1 is 1.36 bits per heavy atom. The molecular weight excluding hydrogens is 287 g/mol. The topological polar surface area (TPSA) is 70.6 Å². The first kappa shape index (κ1) is 18.2. The van der Waals surface area contributed by atoms with Crippen molar-refractivity contribution in [2.45, 2.75) is 52.3 Å². The lowest BCUT2D eigenvalue weighted by Crippen LogP contribution is -2.43. The summed E-state index contributed by atoms with van der Waals surface area (Å²) in [5.41, 5.74) is -0.0674. The number of halogens is 1. The second-order valence-electron chi connectivity index (χ2n) is 6.38. The van der Waals surface area contributed by atoms with E-state index in [2.05, 4.69) is 10.6 Å². The van der Waals surface area contributed by atoms with Gasteiger partial charge in [-0.2, -0.15) is 0 Å². The number of phenolic OH excluding ortho intramolecular Hbond substituents is 1. The lowest BCUT2D eigenvalue weighted by molar-refractivity contribution is 0.0507. The first-order valence-electron chi connectivity index (χ1n) is 7.30. The zero-order valence-electron chi connectivity index (χ0n) is 13.7. The van der Waals surface area contributed by atoms with Crippen LogP contribution in [0.3, 0.4) is 0 Å². The van der Waals surface area contributed by atoms with Gasteiger partial charge in [0, 0.05) is 24.2 Å². The normalized spacial score (nSPS) is 14.3. The molecule has 0 spiro atoms. The molecule has 0 heterocycles. The van der Waals surface area contributed by atoms with Gasteiger partial charge >= 0.3 is 6.09 Å². The molecule has 3 N–H and O–H groups in total. The molecule has 0 bridgehead atoms. The third-order valence-electron chi connectivity index (χ3n) is 2.95. The number of phenols is 1. The lowest BCUT2D eigenvalue weighted by atomic mass is 10.1. The van der Waals surface area contributed by atoms with Gasteiger partial charge in [-0.1, -0.05) is 0 Å². The van der Waals surface area contributed by atoms with E-state index in [-0.39, 0.29) is 17.8 Å². The van der Waals surface area contributed by atoms with E-state index < -0.39 is 17.5 Å². The van der Waals surface area contributed by atoms with Gasteiger partial charge in [-0.15, -0.1) is 0 Å². The minimum absolute atomic E-state index is 0.0363. The summed E-state index contributed by atoms with van der Waals surface area (Å²) >= 11 is 0. The fourth-order valence-electron chi connectivity index (χ4n) is 1.90. The van der Waals surface area contributed by atoms with Crippen LogP contribution in [0.4, 0.5) is 9.18 Å². The zero-order valence-corrected chi connectivity index (χ0v) is 13.7. The van der Waals surface area contributed by atoms with E-state index in [0.29, 0.717) is 12.1 Å². The summed E-state index contributed by atoms with van der Waals surface area (Å²) in [6.45, 7) is 9.49. The summed E-state index contributed by atoms with van der Waals surface area (Å²) in [6.07, 6.45) is -0.483. The molecule has 0 fully saturated rings. The molecule has 0 radical (unpaired) electrons. The minimum Gasteiger partial charge on any atom is -0.508 e. The number of carbonyl (C=O) groups excluding carboxylic acids is 1. The van der Waals surface area contributed by atoms with Gasteiger partial charge in [0.15, 0.2) is 0 Å². The van der Waals surface area contributed by atoms with E-state index >= 15 is 0 Å². The third-order valence-corrected chi connectivity index (χ3v) is 2.95. The summed E-state index contributed by atoms with van der Waals surface area (Å²) in [4.78, 5) is 11.6. The quantitative estimate of drug-likeness (QED) is 0.781. The molecule has 6 heteroatoms.